The van der Waals surface area contributed by atoms with Gasteiger partial charge in [-0.3, -0.25) is 9.59 Å². The Bertz CT molecular complexity index is 535. The number of cyclic esters (lactones) is 2. The van der Waals surface area contributed by atoms with Gasteiger partial charge in [-0.15, -0.1) is 0 Å². The molecule has 2 aliphatic rings. The van der Waals surface area contributed by atoms with E-state index >= 15 is 0 Å². The fourth-order valence-electron chi connectivity index (χ4n) is 3.86. The molecule has 0 N–H and O–H groups in total. The van der Waals surface area contributed by atoms with Crippen molar-refractivity contribution in [3.05, 3.63) is 35.4 Å². The molecule has 3 heteroatoms. The molecule has 0 aromatic heterocycles. The van der Waals surface area contributed by atoms with E-state index in [-0.39, 0.29) is 11.9 Å². The van der Waals surface area contributed by atoms with Crippen molar-refractivity contribution >= 4 is 11.9 Å². The number of fused-ring (bicyclic) bond motifs is 3. The first kappa shape index (κ1) is 14.3. The van der Waals surface area contributed by atoms with Crippen molar-refractivity contribution in [1.82, 2.24) is 0 Å². The van der Waals surface area contributed by atoms with Crippen LogP contribution in [0.3, 0.4) is 0 Å². The van der Waals surface area contributed by atoms with Crippen LogP contribution < -0.4 is 0 Å². The Morgan fingerprint density at radius 3 is 2.38 bits per heavy atom. The van der Waals surface area contributed by atoms with E-state index in [0.717, 1.165) is 32.1 Å². The third kappa shape index (κ3) is 3.34. The maximum absolute atomic E-state index is 11.6. The van der Waals surface area contributed by atoms with Crippen LogP contribution in [0.1, 0.15) is 62.0 Å². The first-order chi connectivity index (χ1) is 10.2. The number of rotatable bonds is 0. The largest absolute Gasteiger partial charge is 0.393 e. The van der Waals surface area contributed by atoms with Crippen molar-refractivity contribution < 1.29 is 14.3 Å². The fraction of sp³-hybridized carbons (Fsp3) is 0.556. The van der Waals surface area contributed by atoms with E-state index < -0.39 is 0 Å². The summed E-state index contributed by atoms with van der Waals surface area (Å²) in [5.41, 5.74) is 2.93. The molecule has 112 valence electrons. The molecular formula is C18H22O3. The van der Waals surface area contributed by atoms with Crippen molar-refractivity contribution in [2.75, 3.05) is 0 Å². The van der Waals surface area contributed by atoms with Crippen LogP contribution in [-0.4, -0.2) is 11.9 Å². The molecule has 3 nitrogen and oxygen atoms in total. The lowest BCUT2D eigenvalue weighted by atomic mass is 9.71. The Labute approximate surface area is 125 Å². The maximum Gasteiger partial charge on any atom is 0.313 e. The number of carbonyl (C=O) groups excluding carboxylic acids is 2. The summed E-state index contributed by atoms with van der Waals surface area (Å²) >= 11 is 0. The molecule has 2 atom stereocenters. The lowest BCUT2D eigenvalue weighted by Gasteiger charge is -2.34. The summed E-state index contributed by atoms with van der Waals surface area (Å²) < 4.78 is 4.83. The van der Waals surface area contributed by atoms with Gasteiger partial charge in [0, 0.05) is 12.8 Å². The van der Waals surface area contributed by atoms with Gasteiger partial charge in [-0.05, 0) is 61.5 Å². The topological polar surface area (TPSA) is 43.4 Å². The van der Waals surface area contributed by atoms with Crippen molar-refractivity contribution in [2.45, 2.75) is 57.3 Å². The average Bonchev–Trinajstić information content (AvgIpc) is 2.51. The highest BCUT2D eigenvalue weighted by molar-refractivity contribution is 5.85. The molecule has 3 rings (SSSR count). The third-order valence-electron chi connectivity index (χ3n) is 4.89. The Kier molecular flexibility index (Phi) is 4.37. The van der Waals surface area contributed by atoms with E-state index in [9.17, 15) is 9.59 Å². The van der Waals surface area contributed by atoms with Gasteiger partial charge in [-0.1, -0.05) is 24.3 Å². The summed E-state index contributed by atoms with van der Waals surface area (Å²) in [5.74, 6) is 0.467. The van der Waals surface area contributed by atoms with Gasteiger partial charge in [0.1, 0.15) is 0 Å². The summed E-state index contributed by atoms with van der Waals surface area (Å²) in [6.45, 7) is 0. The van der Waals surface area contributed by atoms with Crippen LogP contribution in [-0.2, 0) is 20.7 Å². The molecule has 1 saturated heterocycles. The predicted molar refractivity (Wildman–Crippen MR) is 79.8 cm³/mol. The minimum absolute atomic E-state index is 0.352. The number of hydrogen-bond acceptors (Lipinski definition) is 3. The maximum atomic E-state index is 11.6. The number of benzene rings is 1. The molecule has 21 heavy (non-hydrogen) atoms. The van der Waals surface area contributed by atoms with Gasteiger partial charge in [0.25, 0.3) is 0 Å². The molecule has 0 bridgehead atoms. The number of ether oxygens (including phenoxy) is 1. The number of aryl methyl sites for hydroxylation is 1. The zero-order valence-corrected chi connectivity index (χ0v) is 12.3. The SMILES string of the molecule is O=C1CCCC2CCc3ccccc3C2CCCC(=O)O1. The van der Waals surface area contributed by atoms with E-state index in [4.69, 9.17) is 4.74 Å². The van der Waals surface area contributed by atoms with Crippen LogP contribution in [0.25, 0.3) is 0 Å². The average molecular weight is 286 g/mol. The van der Waals surface area contributed by atoms with Gasteiger partial charge in [0.05, 0.1) is 0 Å². The highest BCUT2D eigenvalue weighted by Gasteiger charge is 2.29. The lowest BCUT2D eigenvalue weighted by Crippen LogP contribution is -2.21. The molecule has 0 spiro atoms. The Morgan fingerprint density at radius 1 is 0.857 bits per heavy atom. The second-order valence-corrected chi connectivity index (χ2v) is 6.23. The van der Waals surface area contributed by atoms with Crippen molar-refractivity contribution in [3.8, 4) is 0 Å². The molecule has 0 radical (unpaired) electrons. The Morgan fingerprint density at radius 2 is 1.57 bits per heavy atom. The molecule has 1 aromatic carbocycles. The molecule has 1 aliphatic heterocycles. The van der Waals surface area contributed by atoms with E-state index in [0.29, 0.717) is 24.7 Å². The first-order valence-electron chi connectivity index (χ1n) is 8.05. The molecule has 1 heterocycles. The van der Waals surface area contributed by atoms with Gasteiger partial charge in [-0.25, -0.2) is 0 Å². The predicted octanol–water partition coefficient (Wildman–Crippen LogP) is 3.76. The minimum atomic E-state index is -0.359. The first-order valence-corrected chi connectivity index (χ1v) is 8.05. The quantitative estimate of drug-likeness (QED) is 0.539. The second kappa shape index (κ2) is 6.42. The molecule has 1 aliphatic carbocycles. The zero-order chi connectivity index (χ0) is 14.7. The van der Waals surface area contributed by atoms with E-state index in [1.165, 1.54) is 17.5 Å². The van der Waals surface area contributed by atoms with Crippen molar-refractivity contribution in [2.24, 2.45) is 5.92 Å². The van der Waals surface area contributed by atoms with Crippen LogP contribution in [0.2, 0.25) is 0 Å². The van der Waals surface area contributed by atoms with E-state index in [2.05, 4.69) is 24.3 Å². The smallest absolute Gasteiger partial charge is 0.313 e. The third-order valence-corrected chi connectivity index (χ3v) is 4.89. The number of hydrogen-bond donors (Lipinski definition) is 0. The molecule has 2 unspecified atom stereocenters. The van der Waals surface area contributed by atoms with E-state index in [1.807, 2.05) is 0 Å². The van der Waals surface area contributed by atoms with Gasteiger partial charge < -0.3 is 4.74 Å². The van der Waals surface area contributed by atoms with Gasteiger partial charge in [0.2, 0.25) is 0 Å². The molecule has 1 aromatic rings. The van der Waals surface area contributed by atoms with Crippen molar-refractivity contribution in [1.29, 1.82) is 0 Å². The van der Waals surface area contributed by atoms with Crippen LogP contribution in [0.4, 0.5) is 0 Å². The number of carbonyl (C=O) groups is 2. The van der Waals surface area contributed by atoms with Crippen LogP contribution in [0.15, 0.2) is 24.3 Å². The monoisotopic (exact) mass is 286 g/mol. The normalized spacial score (nSPS) is 27.0. The zero-order valence-electron chi connectivity index (χ0n) is 12.3. The standard InChI is InChI=1S/C18H22O3/c19-17-9-3-6-14-12-11-13-5-1-2-7-15(13)16(14)8-4-10-18(20)21-17/h1-2,5,7,14,16H,3-4,6,8-12H2. The Hall–Kier alpha value is -1.64. The molecular weight excluding hydrogens is 264 g/mol. The Balaban J connectivity index is 1.80. The highest BCUT2D eigenvalue weighted by atomic mass is 16.6. The summed E-state index contributed by atoms with van der Waals surface area (Å²) in [7, 11) is 0. The summed E-state index contributed by atoms with van der Waals surface area (Å²) in [5, 5.41) is 0. The fourth-order valence-corrected chi connectivity index (χ4v) is 3.86. The molecule has 0 saturated carbocycles. The number of esters is 2. The minimum Gasteiger partial charge on any atom is -0.393 e. The molecule has 1 fully saturated rings. The van der Waals surface area contributed by atoms with Crippen molar-refractivity contribution in [3.63, 3.8) is 0 Å². The van der Waals surface area contributed by atoms with E-state index in [1.54, 1.807) is 0 Å². The van der Waals surface area contributed by atoms with Gasteiger partial charge >= 0.3 is 11.9 Å². The second-order valence-electron chi connectivity index (χ2n) is 6.23. The van der Waals surface area contributed by atoms with Gasteiger partial charge in [0.15, 0.2) is 0 Å². The van der Waals surface area contributed by atoms with Crippen LogP contribution in [0.5, 0.6) is 0 Å². The van der Waals surface area contributed by atoms with Crippen LogP contribution in [0, 0.1) is 5.92 Å². The lowest BCUT2D eigenvalue weighted by molar-refractivity contribution is -0.159. The summed E-state index contributed by atoms with van der Waals surface area (Å²) in [6, 6.07) is 8.70. The summed E-state index contributed by atoms with van der Waals surface area (Å²) in [4.78, 5) is 23.1. The summed E-state index contributed by atoms with van der Waals surface area (Å²) in [6.07, 6.45) is 6.78. The molecule has 0 amide bonds. The van der Waals surface area contributed by atoms with Crippen LogP contribution >= 0.6 is 0 Å². The van der Waals surface area contributed by atoms with Gasteiger partial charge in [-0.2, -0.15) is 0 Å². The highest BCUT2D eigenvalue weighted by Crippen LogP contribution is 2.42.